The monoisotopic (exact) mass is 678 g/mol. The highest BCUT2D eigenvalue weighted by molar-refractivity contribution is 7.16. The van der Waals surface area contributed by atoms with Crippen LogP contribution in [0.15, 0.2) is 11.2 Å². The van der Waals surface area contributed by atoms with Crippen molar-refractivity contribution in [1.29, 1.82) is 5.26 Å². The van der Waals surface area contributed by atoms with Crippen LogP contribution in [0.25, 0.3) is 0 Å². The third-order valence-corrected chi connectivity index (χ3v) is 11.3. The van der Waals surface area contributed by atoms with Gasteiger partial charge in [-0.3, -0.25) is 0 Å². The molecule has 1 unspecified atom stereocenters. The van der Waals surface area contributed by atoms with Crippen LogP contribution >= 0.6 is 11.3 Å². The summed E-state index contributed by atoms with van der Waals surface area (Å²) in [4.78, 5) is 39.0. The van der Waals surface area contributed by atoms with Gasteiger partial charge >= 0.3 is 6.09 Å². The lowest BCUT2D eigenvalue weighted by molar-refractivity contribution is -0.0458. The Morgan fingerprint density at radius 3 is 2.67 bits per heavy atom. The molecule has 6 rings (SSSR count). The van der Waals surface area contributed by atoms with E-state index in [0.717, 1.165) is 81.1 Å². The van der Waals surface area contributed by atoms with Gasteiger partial charge in [0.25, 0.3) is 0 Å². The van der Waals surface area contributed by atoms with Crippen LogP contribution in [-0.2, 0) is 21.6 Å². The zero-order valence-corrected chi connectivity index (χ0v) is 30.0. The van der Waals surface area contributed by atoms with E-state index in [1.807, 2.05) is 38.7 Å². The molecule has 3 saturated heterocycles. The van der Waals surface area contributed by atoms with Crippen LogP contribution in [0.5, 0.6) is 0 Å². The van der Waals surface area contributed by atoms with Crippen LogP contribution in [0.3, 0.4) is 0 Å². The Balaban J connectivity index is 1.29. The van der Waals surface area contributed by atoms with Crippen molar-refractivity contribution in [1.82, 2.24) is 19.8 Å². The zero-order chi connectivity index (χ0) is 34.4. The van der Waals surface area contributed by atoms with Crippen LogP contribution in [0.4, 0.5) is 21.6 Å². The molecule has 3 aliphatic heterocycles. The third-order valence-electron chi connectivity index (χ3n) is 10.2. The second kappa shape index (κ2) is 12.9. The molecule has 1 spiro atoms. The van der Waals surface area contributed by atoms with E-state index in [9.17, 15) is 10.1 Å². The Hall–Kier alpha value is -3.83. The molecule has 4 N–H and O–H groups in total. The van der Waals surface area contributed by atoms with E-state index < -0.39 is 11.2 Å². The molecule has 48 heavy (non-hydrogen) atoms. The number of likely N-dealkylation sites (N-methyl/N-ethyl adjacent to an activating group) is 1. The normalized spacial score (nSPS) is 26.8. The topological polar surface area (TPSA) is 162 Å². The highest BCUT2D eigenvalue weighted by Crippen LogP contribution is 2.46. The van der Waals surface area contributed by atoms with Gasteiger partial charge in [0.2, 0.25) is 5.95 Å². The maximum absolute atomic E-state index is 12.9. The second-order valence-corrected chi connectivity index (χ2v) is 16.4. The molecule has 2 aromatic heterocycles. The molecule has 0 radical (unpaired) electrons. The summed E-state index contributed by atoms with van der Waals surface area (Å²) in [6.45, 7) is 15.5. The standard InChI is InChI=1S/C34H50N10O3S/c1-22-19-41(6)13-8-14-44(22)30-38-24(28(36)40-47-33(5)10-7-9-25-27(33)23(18-35)29(37)48-25)17-26(39-30)42-15-11-34(20-42)12-16-43(21-34)31(45)46-32(2,3)4/h17,22H,7-16,19-21,37H2,1-6H3,(H2,36,40)/t22-,33-,34?/m0/s1. The first-order valence-electron chi connectivity index (χ1n) is 17.1. The van der Waals surface area contributed by atoms with Crippen molar-refractivity contribution in [2.75, 3.05) is 68.4 Å². The number of ether oxygens (including phenoxy) is 1. The maximum atomic E-state index is 12.9. The molecule has 14 heteroatoms. The fourth-order valence-corrected chi connectivity index (χ4v) is 8.92. The molecular formula is C34H50N10O3S. The van der Waals surface area contributed by atoms with E-state index in [1.165, 1.54) is 11.3 Å². The molecule has 2 aromatic rings. The van der Waals surface area contributed by atoms with Crippen LogP contribution < -0.4 is 21.3 Å². The Morgan fingerprint density at radius 1 is 1.15 bits per heavy atom. The number of hydrogen-bond acceptors (Lipinski definition) is 12. The summed E-state index contributed by atoms with van der Waals surface area (Å²) in [5, 5.41) is 14.8. The van der Waals surface area contributed by atoms with E-state index in [0.29, 0.717) is 41.7 Å². The maximum Gasteiger partial charge on any atom is 0.410 e. The first kappa shape index (κ1) is 34.0. The lowest BCUT2D eigenvalue weighted by Gasteiger charge is -2.32. The number of nitrogens with two attached hydrogens (primary N) is 2. The number of aromatic nitrogens is 2. The quantitative estimate of drug-likeness (QED) is 0.264. The molecule has 0 bridgehead atoms. The number of carbonyl (C=O) groups excluding carboxylic acids is 1. The Kier molecular flexibility index (Phi) is 9.14. The van der Waals surface area contributed by atoms with E-state index >= 15 is 0 Å². The highest BCUT2D eigenvalue weighted by atomic mass is 32.1. The van der Waals surface area contributed by atoms with Crippen molar-refractivity contribution >= 4 is 40.0 Å². The van der Waals surface area contributed by atoms with Gasteiger partial charge in [-0.2, -0.15) is 10.2 Å². The largest absolute Gasteiger partial charge is 0.444 e. The number of likely N-dealkylation sites (tertiary alicyclic amines) is 1. The summed E-state index contributed by atoms with van der Waals surface area (Å²) < 4.78 is 5.68. The number of oxime groups is 1. The number of nitrogen functional groups attached to an aromatic ring is 1. The molecule has 3 fully saturated rings. The summed E-state index contributed by atoms with van der Waals surface area (Å²) >= 11 is 1.45. The SMILES string of the molecule is C[C@H]1CN(C)CCCN1c1nc(/C(N)=N/O[C@@]2(C)CCCc3sc(N)c(C#N)c32)cc(N2CCC3(CCN(C(=O)OC(C)(C)C)C3)C2)n1. The molecule has 5 heterocycles. The van der Waals surface area contributed by atoms with Crippen molar-refractivity contribution in [3.63, 3.8) is 0 Å². The van der Waals surface area contributed by atoms with Crippen molar-refractivity contribution in [3.8, 4) is 6.07 Å². The smallest absolute Gasteiger partial charge is 0.410 e. The average molecular weight is 679 g/mol. The number of amides is 1. The molecule has 0 saturated carbocycles. The summed E-state index contributed by atoms with van der Waals surface area (Å²) in [6.07, 6.45) is 5.06. The number of nitriles is 1. The first-order valence-corrected chi connectivity index (χ1v) is 17.9. The summed E-state index contributed by atoms with van der Waals surface area (Å²) in [7, 11) is 2.15. The minimum Gasteiger partial charge on any atom is -0.444 e. The van der Waals surface area contributed by atoms with Crippen molar-refractivity contribution < 1.29 is 14.4 Å². The number of nitrogens with zero attached hydrogens (tertiary/aromatic N) is 8. The van der Waals surface area contributed by atoms with Crippen molar-refractivity contribution in [3.05, 3.63) is 27.8 Å². The molecule has 3 atom stereocenters. The fraction of sp³-hybridized carbons (Fsp3) is 0.676. The van der Waals surface area contributed by atoms with Gasteiger partial charge in [-0.15, -0.1) is 11.3 Å². The van der Waals surface area contributed by atoms with Gasteiger partial charge in [-0.05, 0) is 86.7 Å². The predicted octanol–water partition coefficient (Wildman–Crippen LogP) is 4.25. The zero-order valence-electron chi connectivity index (χ0n) is 29.2. The second-order valence-electron chi connectivity index (χ2n) is 15.3. The number of rotatable bonds is 5. The van der Waals surface area contributed by atoms with E-state index in [1.54, 1.807) is 0 Å². The third kappa shape index (κ3) is 6.85. The van der Waals surface area contributed by atoms with Crippen molar-refractivity contribution in [2.45, 2.75) is 90.4 Å². The van der Waals surface area contributed by atoms with Gasteiger partial charge in [0.15, 0.2) is 11.4 Å². The van der Waals surface area contributed by atoms with Crippen LogP contribution in [0.1, 0.15) is 88.4 Å². The molecule has 1 amide bonds. The Labute approximate surface area is 287 Å². The number of hydrogen-bond donors (Lipinski definition) is 2. The molecule has 13 nitrogen and oxygen atoms in total. The van der Waals surface area contributed by atoms with Crippen molar-refractivity contribution in [2.24, 2.45) is 16.3 Å². The average Bonchev–Trinajstić information content (AvgIpc) is 3.71. The lowest BCUT2D eigenvalue weighted by atomic mass is 9.82. The number of carbonyl (C=O) groups is 1. The molecule has 0 aromatic carbocycles. The van der Waals surface area contributed by atoms with Gasteiger partial charge in [0.05, 0.1) is 5.56 Å². The predicted molar refractivity (Wildman–Crippen MR) is 188 cm³/mol. The van der Waals surface area contributed by atoms with Crippen LogP contribution in [0.2, 0.25) is 0 Å². The number of thiophene rings is 1. The van der Waals surface area contributed by atoms with Gasteiger partial charge in [0.1, 0.15) is 28.2 Å². The van der Waals surface area contributed by atoms with Gasteiger partial charge < -0.3 is 40.6 Å². The fourth-order valence-electron chi connectivity index (χ4n) is 7.74. The number of fused-ring (bicyclic) bond motifs is 1. The molecule has 4 aliphatic rings. The Bertz CT molecular complexity index is 1610. The number of anilines is 3. The molecular weight excluding hydrogens is 629 g/mol. The molecule has 1 aliphatic carbocycles. The minimum atomic E-state index is -0.830. The Morgan fingerprint density at radius 2 is 1.92 bits per heavy atom. The van der Waals surface area contributed by atoms with E-state index in [4.69, 9.17) is 31.0 Å². The van der Waals surface area contributed by atoms with E-state index in [-0.39, 0.29) is 23.4 Å². The van der Waals surface area contributed by atoms with Gasteiger partial charge in [-0.1, -0.05) is 5.16 Å². The summed E-state index contributed by atoms with van der Waals surface area (Å²) in [5.41, 5.74) is 13.3. The lowest BCUT2D eigenvalue weighted by Crippen LogP contribution is -2.40. The van der Waals surface area contributed by atoms with Crippen LogP contribution in [0, 0.1) is 16.7 Å². The summed E-state index contributed by atoms with van der Waals surface area (Å²) in [6, 6.07) is 4.37. The minimum absolute atomic E-state index is 0.0301. The van der Waals surface area contributed by atoms with Gasteiger partial charge in [-0.25, -0.2) is 9.78 Å². The van der Waals surface area contributed by atoms with E-state index in [2.05, 4.69) is 39.9 Å². The summed E-state index contributed by atoms with van der Waals surface area (Å²) in [5.74, 6) is 1.56. The van der Waals surface area contributed by atoms with Crippen LogP contribution in [-0.4, -0.2) is 96.2 Å². The number of amidine groups is 1. The first-order chi connectivity index (χ1) is 22.7. The highest BCUT2D eigenvalue weighted by Gasteiger charge is 2.46. The number of aryl methyl sites for hydroxylation is 1. The molecule has 260 valence electrons. The van der Waals surface area contributed by atoms with Gasteiger partial charge in [0, 0.05) is 67.2 Å².